The van der Waals surface area contributed by atoms with Crippen LogP contribution in [0.25, 0.3) is 0 Å². The number of aromatic nitrogens is 2. The Bertz CT molecular complexity index is 755. The van der Waals surface area contributed by atoms with Crippen LogP contribution in [0.3, 0.4) is 0 Å². The minimum absolute atomic E-state index is 0.0578. The molecule has 27 heavy (non-hydrogen) atoms. The molecule has 1 aromatic carbocycles. The molecule has 3 rings (SSSR count). The Balaban J connectivity index is 1.37. The molecule has 0 bridgehead atoms. The Morgan fingerprint density at radius 2 is 2.04 bits per heavy atom. The van der Waals surface area contributed by atoms with Crippen LogP contribution in [-0.4, -0.2) is 61.9 Å². The molecule has 1 fully saturated rings. The van der Waals surface area contributed by atoms with E-state index < -0.39 is 5.82 Å². The predicted molar refractivity (Wildman–Crippen MR) is 98.5 cm³/mol. The molecular weight excluding hydrogens is 353 g/mol. The number of ether oxygens (including phenoxy) is 2. The first-order chi connectivity index (χ1) is 13.2. The van der Waals surface area contributed by atoms with Crippen molar-refractivity contribution >= 4 is 17.5 Å². The third kappa shape index (κ3) is 5.78. The lowest BCUT2D eigenvalue weighted by Crippen LogP contribution is -2.36. The molecule has 1 aliphatic rings. The molecular formula is C18H22FN5O3. The lowest BCUT2D eigenvalue weighted by atomic mass is 10.3. The first kappa shape index (κ1) is 18.8. The van der Waals surface area contributed by atoms with Crippen LogP contribution in [0.4, 0.5) is 16.0 Å². The van der Waals surface area contributed by atoms with Gasteiger partial charge >= 0.3 is 0 Å². The van der Waals surface area contributed by atoms with Crippen molar-refractivity contribution in [2.45, 2.75) is 0 Å². The summed E-state index contributed by atoms with van der Waals surface area (Å²) in [5, 5.41) is 5.84. The van der Waals surface area contributed by atoms with Gasteiger partial charge in [0.05, 0.1) is 13.2 Å². The van der Waals surface area contributed by atoms with Crippen molar-refractivity contribution < 1.29 is 18.7 Å². The molecule has 2 aromatic rings. The van der Waals surface area contributed by atoms with E-state index in [4.69, 9.17) is 9.47 Å². The summed E-state index contributed by atoms with van der Waals surface area (Å²) in [5.74, 6) is 0.771. The monoisotopic (exact) mass is 375 g/mol. The van der Waals surface area contributed by atoms with Gasteiger partial charge in [-0.15, -0.1) is 0 Å². The van der Waals surface area contributed by atoms with Crippen LogP contribution in [0.2, 0.25) is 0 Å². The number of hydrogen-bond acceptors (Lipinski definition) is 7. The van der Waals surface area contributed by atoms with Crippen molar-refractivity contribution in [3.05, 3.63) is 42.5 Å². The van der Waals surface area contributed by atoms with Crippen LogP contribution in [-0.2, 0) is 9.53 Å². The Labute approximate surface area is 156 Å². The van der Waals surface area contributed by atoms with E-state index in [0.29, 0.717) is 32.1 Å². The van der Waals surface area contributed by atoms with Gasteiger partial charge in [0.25, 0.3) is 5.91 Å². The molecule has 144 valence electrons. The fourth-order valence-corrected chi connectivity index (χ4v) is 2.56. The third-order valence-corrected chi connectivity index (χ3v) is 3.94. The van der Waals surface area contributed by atoms with Crippen LogP contribution in [0.5, 0.6) is 5.75 Å². The molecule has 0 aliphatic carbocycles. The Morgan fingerprint density at radius 3 is 2.85 bits per heavy atom. The number of para-hydroxylation sites is 1. The highest BCUT2D eigenvalue weighted by Gasteiger charge is 2.13. The Kier molecular flexibility index (Phi) is 6.75. The van der Waals surface area contributed by atoms with E-state index in [2.05, 4.69) is 25.5 Å². The zero-order chi connectivity index (χ0) is 18.9. The molecule has 1 amide bonds. The van der Waals surface area contributed by atoms with Crippen molar-refractivity contribution in [2.75, 3.05) is 56.2 Å². The van der Waals surface area contributed by atoms with Crippen LogP contribution >= 0.6 is 0 Å². The van der Waals surface area contributed by atoms with E-state index in [1.807, 2.05) is 6.07 Å². The molecule has 0 atom stereocenters. The van der Waals surface area contributed by atoms with E-state index in [0.717, 1.165) is 18.9 Å². The van der Waals surface area contributed by atoms with Crippen LogP contribution in [0, 0.1) is 5.82 Å². The summed E-state index contributed by atoms with van der Waals surface area (Å²) in [5.41, 5.74) is 0. The lowest BCUT2D eigenvalue weighted by Gasteiger charge is -2.27. The summed E-state index contributed by atoms with van der Waals surface area (Å²) in [7, 11) is 0. The normalized spacial score (nSPS) is 13.9. The third-order valence-electron chi connectivity index (χ3n) is 3.94. The van der Waals surface area contributed by atoms with Gasteiger partial charge < -0.3 is 25.0 Å². The summed E-state index contributed by atoms with van der Waals surface area (Å²) in [6.07, 6.45) is 1.51. The zero-order valence-corrected chi connectivity index (χ0v) is 14.9. The summed E-state index contributed by atoms with van der Waals surface area (Å²) >= 11 is 0. The predicted octanol–water partition coefficient (Wildman–Crippen LogP) is 1.06. The number of nitrogens with zero attached hydrogens (tertiary/aromatic N) is 3. The number of nitrogens with one attached hydrogen (secondary N) is 2. The molecule has 1 aliphatic heterocycles. The van der Waals surface area contributed by atoms with Gasteiger partial charge in [0.1, 0.15) is 18.0 Å². The van der Waals surface area contributed by atoms with Gasteiger partial charge in [-0.25, -0.2) is 14.4 Å². The molecule has 0 saturated carbocycles. The summed E-state index contributed by atoms with van der Waals surface area (Å²) in [4.78, 5) is 22.4. The number of carbonyl (C=O) groups is 1. The van der Waals surface area contributed by atoms with Gasteiger partial charge in [0.2, 0.25) is 0 Å². The Morgan fingerprint density at radius 1 is 1.22 bits per heavy atom. The average Bonchev–Trinajstić information content (AvgIpc) is 2.71. The molecule has 1 aromatic heterocycles. The maximum Gasteiger partial charge on any atom is 0.258 e. The van der Waals surface area contributed by atoms with E-state index in [1.54, 1.807) is 12.1 Å². The van der Waals surface area contributed by atoms with Gasteiger partial charge in [-0.1, -0.05) is 12.1 Å². The van der Waals surface area contributed by atoms with Crippen molar-refractivity contribution in [2.24, 2.45) is 0 Å². The topological polar surface area (TPSA) is 88.6 Å². The molecule has 2 heterocycles. The van der Waals surface area contributed by atoms with Gasteiger partial charge in [-0.05, 0) is 12.1 Å². The second-order valence-electron chi connectivity index (χ2n) is 5.86. The zero-order valence-electron chi connectivity index (χ0n) is 14.9. The number of amides is 1. The summed E-state index contributed by atoms with van der Waals surface area (Å²) < 4.78 is 23.9. The highest BCUT2D eigenvalue weighted by Crippen LogP contribution is 2.16. The molecule has 8 nitrogen and oxygen atoms in total. The first-order valence-corrected chi connectivity index (χ1v) is 8.75. The maximum atomic E-state index is 13.4. The first-order valence-electron chi connectivity index (χ1n) is 8.75. The molecule has 0 unspecified atom stereocenters. The van der Waals surface area contributed by atoms with Crippen molar-refractivity contribution in [1.82, 2.24) is 15.3 Å². The average molecular weight is 375 g/mol. The highest BCUT2D eigenvalue weighted by molar-refractivity contribution is 5.77. The van der Waals surface area contributed by atoms with Crippen LogP contribution in [0.1, 0.15) is 0 Å². The van der Waals surface area contributed by atoms with Gasteiger partial charge in [-0.2, -0.15) is 0 Å². The largest absolute Gasteiger partial charge is 0.481 e. The standard InChI is InChI=1S/C18H22FN5O3/c19-14-3-1-2-4-15(14)27-12-18(25)21-6-5-20-16-11-17(23-13-22-16)24-7-9-26-10-8-24/h1-4,11,13H,5-10,12H2,(H,21,25)(H,20,22,23). The summed E-state index contributed by atoms with van der Waals surface area (Å²) in [6, 6.07) is 7.84. The van der Waals surface area contributed by atoms with E-state index in [9.17, 15) is 9.18 Å². The second-order valence-corrected chi connectivity index (χ2v) is 5.86. The highest BCUT2D eigenvalue weighted by atomic mass is 19.1. The van der Waals surface area contributed by atoms with Crippen LogP contribution < -0.4 is 20.3 Å². The fourth-order valence-electron chi connectivity index (χ4n) is 2.56. The van der Waals surface area contributed by atoms with E-state index in [-0.39, 0.29) is 18.3 Å². The second kappa shape index (κ2) is 9.67. The number of hydrogen-bond donors (Lipinski definition) is 2. The SMILES string of the molecule is O=C(COc1ccccc1F)NCCNc1cc(N2CCOCC2)ncn1. The quantitative estimate of drug-likeness (QED) is 0.667. The molecule has 0 radical (unpaired) electrons. The number of benzene rings is 1. The molecule has 2 N–H and O–H groups in total. The lowest BCUT2D eigenvalue weighted by molar-refractivity contribution is -0.123. The minimum atomic E-state index is -0.494. The number of rotatable bonds is 8. The van der Waals surface area contributed by atoms with Crippen molar-refractivity contribution in [3.63, 3.8) is 0 Å². The Hall–Kier alpha value is -2.94. The van der Waals surface area contributed by atoms with Gasteiger partial charge in [-0.3, -0.25) is 4.79 Å². The van der Waals surface area contributed by atoms with Crippen molar-refractivity contribution in [1.29, 1.82) is 0 Å². The summed E-state index contributed by atoms with van der Waals surface area (Å²) in [6.45, 7) is 3.61. The van der Waals surface area contributed by atoms with Crippen LogP contribution in [0.15, 0.2) is 36.7 Å². The number of anilines is 2. The van der Waals surface area contributed by atoms with Gasteiger partial charge in [0, 0.05) is 32.2 Å². The number of morpholine rings is 1. The van der Waals surface area contributed by atoms with E-state index in [1.165, 1.54) is 18.5 Å². The minimum Gasteiger partial charge on any atom is -0.481 e. The smallest absolute Gasteiger partial charge is 0.258 e. The number of carbonyl (C=O) groups excluding carboxylic acids is 1. The number of halogens is 1. The maximum absolute atomic E-state index is 13.4. The molecule has 1 saturated heterocycles. The van der Waals surface area contributed by atoms with Crippen molar-refractivity contribution in [3.8, 4) is 5.75 Å². The van der Waals surface area contributed by atoms with E-state index >= 15 is 0 Å². The molecule has 9 heteroatoms. The fraction of sp³-hybridized carbons (Fsp3) is 0.389. The molecule has 0 spiro atoms. The van der Waals surface area contributed by atoms with Gasteiger partial charge in [0.15, 0.2) is 18.2 Å².